The monoisotopic (exact) mass is 267 g/mol. The van der Waals surface area contributed by atoms with Crippen molar-refractivity contribution in [3.63, 3.8) is 0 Å². The van der Waals surface area contributed by atoms with Crippen LogP contribution in [0.15, 0.2) is 12.1 Å². The van der Waals surface area contributed by atoms with E-state index in [1.807, 2.05) is 0 Å². The zero-order chi connectivity index (χ0) is 13.6. The van der Waals surface area contributed by atoms with Crippen molar-refractivity contribution in [3.05, 3.63) is 29.3 Å². The van der Waals surface area contributed by atoms with Gasteiger partial charge in [-0.3, -0.25) is 5.32 Å². The van der Waals surface area contributed by atoms with Crippen LogP contribution in [0.3, 0.4) is 0 Å². The molecule has 7 heteroatoms. The van der Waals surface area contributed by atoms with E-state index in [4.69, 9.17) is 5.11 Å². The summed E-state index contributed by atoms with van der Waals surface area (Å²) in [7, 11) is 0. The molecule has 18 heavy (non-hydrogen) atoms. The summed E-state index contributed by atoms with van der Waals surface area (Å²) in [6.45, 7) is -0.312. The molecule has 1 fully saturated rings. The molecule has 1 saturated carbocycles. The van der Waals surface area contributed by atoms with Gasteiger partial charge >= 0.3 is 6.18 Å². The van der Waals surface area contributed by atoms with Gasteiger partial charge in [0.05, 0.1) is 0 Å². The summed E-state index contributed by atoms with van der Waals surface area (Å²) in [6.07, 6.45) is -4.46. The molecule has 0 saturated heterocycles. The number of phenolic OH excluding ortho intramolecular Hbond substituents is 1. The molecule has 1 aliphatic carbocycles. The molecule has 0 aromatic heterocycles. The summed E-state index contributed by atoms with van der Waals surface area (Å²) in [5, 5.41) is 11.1. The normalized spacial score (nSPS) is 17.8. The smallest absolute Gasteiger partial charge is 0.406 e. The van der Waals surface area contributed by atoms with Gasteiger partial charge in [-0.1, -0.05) is 0 Å². The third kappa shape index (κ3) is 2.27. The van der Waals surface area contributed by atoms with Crippen LogP contribution in [0.25, 0.3) is 0 Å². The molecule has 1 aliphatic rings. The standard InChI is InChI=1S/C11H10F5NO/c12-7-3-6(4-8(13)9(7)18)5-17-10(1-2-10)11(14,15)16/h3-4,17-18H,1-2,5H2. The van der Waals surface area contributed by atoms with Crippen molar-refractivity contribution in [1.29, 1.82) is 0 Å². The Kier molecular flexibility index (Phi) is 2.96. The molecule has 0 atom stereocenters. The van der Waals surface area contributed by atoms with E-state index in [-0.39, 0.29) is 24.9 Å². The van der Waals surface area contributed by atoms with E-state index in [2.05, 4.69) is 5.32 Å². The summed E-state index contributed by atoms with van der Waals surface area (Å²) >= 11 is 0. The van der Waals surface area contributed by atoms with E-state index in [0.29, 0.717) is 0 Å². The minimum Gasteiger partial charge on any atom is -0.503 e. The number of phenols is 1. The molecule has 2 N–H and O–H groups in total. The lowest BCUT2D eigenvalue weighted by Crippen LogP contribution is -2.44. The Morgan fingerprint density at radius 2 is 1.67 bits per heavy atom. The van der Waals surface area contributed by atoms with Gasteiger partial charge in [-0.2, -0.15) is 13.2 Å². The quantitative estimate of drug-likeness (QED) is 0.825. The lowest BCUT2D eigenvalue weighted by molar-refractivity contribution is -0.166. The number of benzene rings is 1. The van der Waals surface area contributed by atoms with Crippen molar-refractivity contribution >= 4 is 0 Å². The van der Waals surface area contributed by atoms with E-state index in [0.717, 1.165) is 12.1 Å². The molecular weight excluding hydrogens is 257 g/mol. The lowest BCUT2D eigenvalue weighted by atomic mass is 10.1. The number of nitrogens with one attached hydrogen (secondary N) is 1. The highest BCUT2D eigenvalue weighted by atomic mass is 19.4. The minimum atomic E-state index is -4.37. The maximum Gasteiger partial charge on any atom is 0.406 e. The number of halogens is 5. The highest BCUT2D eigenvalue weighted by Crippen LogP contribution is 2.49. The zero-order valence-corrected chi connectivity index (χ0v) is 9.11. The number of hydrogen-bond acceptors (Lipinski definition) is 2. The average Bonchev–Trinajstić information content (AvgIpc) is 3.03. The summed E-state index contributed by atoms with van der Waals surface area (Å²) < 4.78 is 63.7. The molecule has 1 aromatic carbocycles. The maximum absolute atomic E-state index is 13.0. The summed E-state index contributed by atoms with van der Waals surface area (Å²) in [5.41, 5.74) is -1.92. The molecule has 0 aliphatic heterocycles. The molecule has 0 amide bonds. The second kappa shape index (κ2) is 4.08. The van der Waals surface area contributed by atoms with E-state index >= 15 is 0 Å². The molecule has 0 radical (unpaired) electrons. The number of aromatic hydroxyl groups is 1. The van der Waals surface area contributed by atoms with Crippen LogP contribution in [0.2, 0.25) is 0 Å². The largest absolute Gasteiger partial charge is 0.503 e. The van der Waals surface area contributed by atoms with Gasteiger partial charge in [-0.05, 0) is 30.5 Å². The van der Waals surface area contributed by atoms with Crippen LogP contribution in [0, 0.1) is 11.6 Å². The van der Waals surface area contributed by atoms with Crippen molar-refractivity contribution in [2.45, 2.75) is 31.1 Å². The fourth-order valence-electron chi connectivity index (χ4n) is 1.68. The second-order valence-electron chi connectivity index (χ2n) is 4.34. The van der Waals surface area contributed by atoms with Gasteiger partial charge in [0.1, 0.15) is 5.54 Å². The predicted octanol–water partition coefficient (Wildman–Crippen LogP) is 2.85. The number of rotatable bonds is 3. The minimum absolute atomic E-state index is 0.0123. The van der Waals surface area contributed by atoms with Gasteiger partial charge in [-0.15, -0.1) is 0 Å². The first kappa shape index (κ1) is 13.1. The molecule has 100 valence electrons. The Bertz CT molecular complexity index is 444. The summed E-state index contributed by atoms with van der Waals surface area (Å²) in [4.78, 5) is 0. The van der Waals surface area contributed by atoms with Crippen molar-refractivity contribution in [2.75, 3.05) is 0 Å². The highest BCUT2D eigenvalue weighted by molar-refractivity contribution is 5.30. The summed E-state index contributed by atoms with van der Waals surface area (Å²) in [5.74, 6) is -3.51. The first-order chi connectivity index (χ1) is 8.25. The van der Waals surface area contributed by atoms with E-state index in [9.17, 15) is 22.0 Å². The van der Waals surface area contributed by atoms with Crippen LogP contribution in [0.5, 0.6) is 5.75 Å². The lowest BCUT2D eigenvalue weighted by Gasteiger charge is -2.20. The first-order valence-electron chi connectivity index (χ1n) is 5.24. The average molecular weight is 267 g/mol. The Balaban J connectivity index is 2.08. The Morgan fingerprint density at radius 1 is 1.17 bits per heavy atom. The summed E-state index contributed by atoms with van der Waals surface area (Å²) in [6, 6.07) is 1.61. The van der Waals surface area contributed by atoms with Gasteiger partial charge in [0.25, 0.3) is 0 Å². The van der Waals surface area contributed by atoms with Crippen LogP contribution < -0.4 is 5.32 Å². The van der Waals surface area contributed by atoms with E-state index < -0.39 is 29.1 Å². The van der Waals surface area contributed by atoms with Crippen molar-refractivity contribution in [3.8, 4) is 5.75 Å². The van der Waals surface area contributed by atoms with E-state index in [1.165, 1.54) is 0 Å². The zero-order valence-electron chi connectivity index (χ0n) is 9.11. The SMILES string of the molecule is Oc1c(F)cc(CNC2(C(F)(F)F)CC2)cc1F. The molecule has 0 bridgehead atoms. The highest BCUT2D eigenvalue weighted by Gasteiger charge is 2.62. The van der Waals surface area contributed by atoms with Crippen LogP contribution in [0.1, 0.15) is 18.4 Å². The molecule has 0 spiro atoms. The fourth-order valence-corrected chi connectivity index (χ4v) is 1.68. The third-order valence-corrected chi connectivity index (χ3v) is 3.00. The van der Waals surface area contributed by atoms with Crippen LogP contribution in [-0.4, -0.2) is 16.8 Å². The predicted molar refractivity (Wildman–Crippen MR) is 52.9 cm³/mol. The van der Waals surface area contributed by atoms with Crippen molar-refractivity contribution < 1.29 is 27.1 Å². The van der Waals surface area contributed by atoms with Crippen LogP contribution in [-0.2, 0) is 6.54 Å². The van der Waals surface area contributed by atoms with Crippen molar-refractivity contribution in [2.24, 2.45) is 0 Å². The molecule has 2 nitrogen and oxygen atoms in total. The van der Waals surface area contributed by atoms with Gasteiger partial charge < -0.3 is 5.11 Å². The van der Waals surface area contributed by atoms with Gasteiger partial charge in [0, 0.05) is 6.54 Å². The Labute approximate surface area is 99.4 Å². The van der Waals surface area contributed by atoms with Crippen LogP contribution in [0.4, 0.5) is 22.0 Å². The molecule has 0 heterocycles. The molecule has 2 rings (SSSR count). The van der Waals surface area contributed by atoms with Crippen molar-refractivity contribution in [1.82, 2.24) is 5.32 Å². The molecule has 0 unspecified atom stereocenters. The maximum atomic E-state index is 13.0. The topological polar surface area (TPSA) is 32.3 Å². The number of alkyl halides is 3. The van der Waals surface area contributed by atoms with Gasteiger partial charge in [0.15, 0.2) is 17.4 Å². The van der Waals surface area contributed by atoms with Crippen LogP contribution >= 0.6 is 0 Å². The number of hydrogen-bond donors (Lipinski definition) is 2. The first-order valence-corrected chi connectivity index (χ1v) is 5.24. The van der Waals surface area contributed by atoms with E-state index in [1.54, 1.807) is 0 Å². The molecule has 1 aromatic rings. The second-order valence-corrected chi connectivity index (χ2v) is 4.34. The Hall–Kier alpha value is -1.37. The Morgan fingerprint density at radius 3 is 2.06 bits per heavy atom. The van der Waals surface area contributed by atoms with Gasteiger partial charge in [0.2, 0.25) is 0 Å². The third-order valence-electron chi connectivity index (χ3n) is 3.00. The fraction of sp³-hybridized carbons (Fsp3) is 0.455. The van der Waals surface area contributed by atoms with Gasteiger partial charge in [-0.25, -0.2) is 8.78 Å². The molecular formula is C11H10F5NO.